The molecule has 6 rings (SSSR count). The Kier molecular flexibility index (Phi) is 25.5. The number of hydrogen-bond acceptors (Lipinski definition) is 16. The molecule has 0 spiro atoms. The second-order valence-corrected chi connectivity index (χ2v) is 22.5. The number of phenolic OH excluding ortho intramolecular Hbond substituents is 2. The summed E-state index contributed by atoms with van der Waals surface area (Å²) in [5, 5.41) is 69.0. The Hall–Kier alpha value is -9.47. The lowest BCUT2D eigenvalue weighted by Crippen LogP contribution is -2.62. The quantitative estimate of drug-likeness (QED) is 0.0261. The van der Waals surface area contributed by atoms with Gasteiger partial charge in [0.2, 0.25) is 59.1 Å². The van der Waals surface area contributed by atoms with E-state index in [1.807, 2.05) is 0 Å². The number of carboxylic acids is 1. The van der Waals surface area contributed by atoms with Crippen LogP contribution >= 0.6 is 0 Å². The molecule has 2 saturated heterocycles. The molecule has 2 aliphatic rings. The lowest BCUT2D eigenvalue weighted by atomic mass is 9.99. The van der Waals surface area contributed by atoms with Crippen LogP contribution in [-0.4, -0.2) is 187 Å². The molecule has 10 amide bonds. The van der Waals surface area contributed by atoms with Gasteiger partial charge in [0.05, 0.1) is 25.7 Å². The monoisotopic (exact) mass is 1230 g/mol. The van der Waals surface area contributed by atoms with E-state index >= 15 is 0 Å². The summed E-state index contributed by atoms with van der Waals surface area (Å²) in [5.41, 5.74) is 13.2. The van der Waals surface area contributed by atoms with Crippen molar-refractivity contribution in [2.24, 2.45) is 17.4 Å². The number of amides is 10. The van der Waals surface area contributed by atoms with Crippen molar-refractivity contribution in [3.8, 4) is 11.5 Å². The van der Waals surface area contributed by atoms with Gasteiger partial charge in [0, 0.05) is 38.8 Å². The number of rotatable bonds is 31. The van der Waals surface area contributed by atoms with Crippen LogP contribution in [-0.2, 0) is 78.4 Å². The van der Waals surface area contributed by atoms with E-state index in [1.165, 1.54) is 53.4 Å². The van der Waals surface area contributed by atoms with Crippen LogP contribution in [0.4, 0.5) is 0 Å². The molecule has 0 saturated carbocycles. The molecule has 478 valence electrons. The van der Waals surface area contributed by atoms with Gasteiger partial charge in [-0.05, 0) is 84.5 Å². The Bertz CT molecular complexity index is 3120. The van der Waals surface area contributed by atoms with E-state index in [0.29, 0.717) is 35.1 Å². The van der Waals surface area contributed by atoms with Crippen LogP contribution in [0.5, 0.6) is 11.5 Å². The van der Waals surface area contributed by atoms with Crippen LogP contribution in [0.3, 0.4) is 0 Å². The zero-order chi connectivity index (χ0) is 64.9. The number of carbonyl (C=O) groups excluding carboxylic acids is 10. The standard InChI is InChI=1S/C62H79N11O16/c1-35(2)27-43(53(79)70-48(33-74)58(84)68-44(28-36-11-5-3-6-12-36)57(83)71-49(34-75)61(87)73-26-10-16-51(73)62(88)89)65-54(80)45(30-38-17-21-40(76)22-18-38)66-55(81)46(31-39-19-23-41(77)24-20-39)67-56(82)47(29-37-13-7-4-8-14-37)69-59(85)50-15-9-25-72(50)60(86)42(63)32-52(64)78/h3-8,11-14,17-24,35,42-51,74-77H,9-10,15-16,25-34,63H2,1-2H3,(H2,64,78)(H,65,80)(H,66,81)(H,67,82)(H,68,84)(H,69,85)(H,70,79)(H,71,83)(H,88,89)/t42-,43-,44-,45-,46-,47-,48-,49-,50-,51-/m0/s1. The number of phenols is 2. The lowest BCUT2D eigenvalue weighted by molar-refractivity contribution is -0.150. The molecule has 0 radical (unpaired) electrons. The van der Waals surface area contributed by atoms with Gasteiger partial charge >= 0.3 is 5.97 Å². The molecule has 89 heavy (non-hydrogen) atoms. The molecular weight excluding hydrogens is 1150 g/mol. The lowest BCUT2D eigenvalue weighted by Gasteiger charge is -2.29. The third kappa shape index (κ3) is 20.3. The minimum atomic E-state index is -1.77. The number of benzene rings is 4. The highest BCUT2D eigenvalue weighted by Crippen LogP contribution is 2.22. The van der Waals surface area contributed by atoms with E-state index in [2.05, 4.69) is 37.2 Å². The van der Waals surface area contributed by atoms with Gasteiger partial charge in [-0.25, -0.2) is 4.79 Å². The number of carbonyl (C=O) groups is 11. The summed E-state index contributed by atoms with van der Waals surface area (Å²) >= 11 is 0. The average molecular weight is 1230 g/mol. The Morgan fingerprint density at radius 2 is 0.820 bits per heavy atom. The Labute approximate surface area is 513 Å². The molecule has 27 nitrogen and oxygen atoms in total. The molecule has 0 aromatic heterocycles. The van der Waals surface area contributed by atoms with E-state index in [4.69, 9.17) is 11.5 Å². The fraction of sp³-hybridized carbons (Fsp3) is 0.435. The first-order valence-electron chi connectivity index (χ1n) is 29.3. The number of nitrogens with two attached hydrogens (primary N) is 2. The third-order valence-electron chi connectivity index (χ3n) is 15.2. The maximum atomic E-state index is 14.9. The predicted molar refractivity (Wildman–Crippen MR) is 320 cm³/mol. The van der Waals surface area contributed by atoms with Crippen molar-refractivity contribution >= 4 is 65.0 Å². The molecule has 2 heterocycles. The number of likely N-dealkylation sites (tertiary alicyclic amines) is 2. The Balaban J connectivity index is 1.24. The fourth-order valence-corrected chi connectivity index (χ4v) is 10.6. The van der Waals surface area contributed by atoms with E-state index in [-0.39, 0.29) is 75.5 Å². The van der Waals surface area contributed by atoms with Gasteiger partial charge in [0.25, 0.3) is 0 Å². The van der Waals surface area contributed by atoms with Gasteiger partial charge < -0.3 is 84.0 Å². The molecule has 16 N–H and O–H groups in total. The number of nitrogens with zero attached hydrogens (tertiary/aromatic N) is 2. The van der Waals surface area contributed by atoms with Gasteiger partial charge in [0.15, 0.2) is 0 Å². The van der Waals surface area contributed by atoms with Crippen molar-refractivity contribution in [2.75, 3.05) is 26.3 Å². The topological polar surface area (TPSA) is 432 Å². The first-order chi connectivity index (χ1) is 42.4. The van der Waals surface area contributed by atoms with Gasteiger partial charge in [-0.1, -0.05) is 98.8 Å². The van der Waals surface area contributed by atoms with Crippen LogP contribution < -0.4 is 48.7 Å². The van der Waals surface area contributed by atoms with Gasteiger partial charge in [-0.2, -0.15) is 0 Å². The summed E-state index contributed by atoms with van der Waals surface area (Å²) < 4.78 is 0. The van der Waals surface area contributed by atoms with Crippen LogP contribution in [0.2, 0.25) is 0 Å². The van der Waals surface area contributed by atoms with Crippen LogP contribution in [0, 0.1) is 5.92 Å². The number of carboxylic acid groups (broad SMARTS) is 1. The highest BCUT2D eigenvalue weighted by molar-refractivity contribution is 5.99. The number of aromatic hydroxyl groups is 2. The second kappa shape index (κ2) is 33.0. The molecule has 2 aliphatic heterocycles. The van der Waals surface area contributed by atoms with Gasteiger partial charge in [0.1, 0.15) is 65.9 Å². The van der Waals surface area contributed by atoms with Crippen LogP contribution in [0.15, 0.2) is 109 Å². The number of aliphatic hydroxyl groups is 2. The zero-order valence-electron chi connectivity index (χ0n) is 49.4. The number of hydrogen-bond donors (Lipinski definition) is 14. The summed E-state index contributed by atoms with van der Waals surface area (Å²) in [5.74, 6) is -10.7. The number of aliphatic carboxylic acids is 1. The van der Waals surface area contributed by atoms with Crippen molar-refractivity contribution in [2.45, 2.75) is 138 Å². The van der Waals surface area contributed by atoms with Crippen molar-refractivity contribution in [3.63, 3.8) is 0 Å². The first-order valence-corrected chi connectivity index (χ1v) is 29.3. The van der Waals surface area contributed by atoms with Crippen LogP contribution in [0.1, 0.15) is 74.6 Å². The summed E-state index contributed by atoms with van der Waals surface area (Å²) in [4.78, 5) is 154. The fourth-order valence-electron chi connectivity index (χ4n) is 10.6. The molecule has 0 unspecified atom stereocenters. The predicted octanol–water partition coefficient (Wildman–Crippen LogP) is -1.94. The minimum absolute atomic E-state index is 0.0619. The van der Waals surface area contributed by atoms with Crippen molar-refractivity contribution in [1.29, 1.82) is 0 Å². The number of aliphatic hydroxyl groups excluding tert-OH is 2. The maximum absolute atomic E-state index is 14.9. The second-order valence-electron chi connectivity index (χ2n) is 22.5. The molecule has 4 aromatic rings. The summed E-state index contributed by atoms with van der Waals surface area (Å²) in [6, 6.07) is 13.9. The summed E-state index contributed by atoms with van der Waals surface area (Å²) in [6.07, 6.45) is -0.228. The molecule has 0 aliphatic carbocycles. The van der Waals surface area contributed by atoms with E-state index in [9.17, 15) is 78.3 Å². The molecular formula is C62H79N11O16. The third-order valence-corrected chi connectivity index (χ3v) is 15.2. The molecule has 27 heteroatoms. The Morgan fingerprint density at radius 3 is 1.22 bits per heavy atom. The highest BCUT2D eigenvalue weighted by atomic mass is 16.4. The van der Waals surface area contributed by atoms with E-state index in [0.717, 1.165) is 4.90 Å². The van der Waals surface area contributed by atoms with Gasteiger partial charge in [-0.3, -0.25) is 47.9 Å². The first kappa shape index (κ1) is 68.6. The highest BCUT2D eigenvalue weighted by Gasteiger charge is 2.41. The summed E-state index contributed by atoms with van der Waals surface area (Å²) in [6.45, 7) is 1.71. The van der Waals surface area contributed by atoms with Crippen LogP contribution in [0.25, 0.3) is 0 Å². The molecule has 2 fully saturated rings. The maximum Gasteiger partial charge on any atom is 0.326 e. The number of nitrogens with one attached hydrogen (secondary N) is 7. The normalized spacial score (nSPS) is 17.3. The van der Waals surface area contributed by atoms with Crippen molar-refractivity contribution in [1.82, 2.24) is 47.0 Å². The minimum Gasteiger partial charge on any atom is -0.508 e. The average Bonchev–Trinajstić information content (AvgIpc) is 4.35. The smallest absolute Gasteiger partial charge is 0.326 e. The van der Waals surface area contributed by atoms with Crippen molar-refractivity contribution < 1.29 is 78.3 Å². The number of primary amides is 1. The molecule has 0 bridgehead atoms. The SMILES string of the molecule is CC(C)C[C@H](NC(=O)[C@H](Cc1ccc(O)cc1)NC(=O)[C@H](Cc1ccc(O)cc1)NC(=O)[C@H](Cc1ccccc1)NC(=O)[C@@H]1CCCN1C(=O)[C@@H](N)CC(N)=O)C(=O)N[C@@H](CO)C(=O)N[C@@H](Cc1ccccc1)C(=O)N[C@@H](CO)C(=O)N1CCC[C@H]1C(=O)O. The van der Waals surface area contributed by atoms with Gasteiger partial charge in [-0.15, -0.1) is 0 Å². The van der Waals surface area contributed by atoms with Crippen molar-refractivity contribution in [3.05, 3.63) is 131 Å². The van der Waals surface area contributed by atoms with E-state index < -0.39 is 145 Å². The molecule has 10 atom stereocenters. The zero-order valence-corrected chi connectivity index (χ0v) is 49.4. The Morgan fingerprint density at radius 1 is 0.472 bits per heavy atom. The van der Waals surface area contributed by atoms with E-state index in [1.54, 1.807) is 74.5 Å². The summed E-state index contributed by atoms with van der Waals surface area (Å²) in [7, 11) is 0. The largest absolute Gasteiger partial charge is 0.508 e. The molecule has 4 aromatic carbocycles.